The van der Waals surface area contributed by atoms with E-state index in [0.717, 1.165) is 17.2 Å². The maximum atomic E-state index is 5.81. The Morgan fingerprint density at radius 1 is 1.16 bits per heavy atom. The molecule has 0 fully saturated rings. The monoisotopic (exact) mass is 258 g/mol. The predicted molar refractivity (Wildman–Crippen MR) is 71.7 cm³/mol. The van der Waals surface area contributed by atoms with Crippen LogP contribution in [0.3, 0.4) is 0 Å². The van der Waals surface area contributed by atoms with E-state index in [1.165, 1.54) is 0 Å². The van der Waals surface area contributed by atoms with Gasteiger partial charge in [0.2, 0.25) is 0 Å². The Hall–Kier alpha value is -2.50. The molecule has 2 heterocycles. The van der Waals surface area contributed by atoms with E-state index in [-0.39, 0.29) is 6.04 Å². The summed E-state index contributed by atoms with van der Waals surface area (Å²) < 4.78 is 10.3. The molecule has 0 saturated carbocycles. The number of aryl methyl sites for hydroxylation is 1. The van der Waals surface area contributed by atoms with Crippen molar-refractivity contribution in [2.45, 2.75) is 19.9 Å². The maximum absolute atomic E-state index is 5.81. The van der Waals surface area contributed by atoms with E-state index < -0.39 is 0 Å². The number of hydrogen-bond acceptors (Lipinski definition) is 6. The van der Waals surface area contributed by atoms with Crippen LogP contribution in [0.25, 0.3) is 11.0 Å². The molecule has 6 nitrogen and oxygen atoms in total. The van der Waals surface area contributed by atoms with Crippen LogP contribution in [-0.4, -0.2) is 10.3 Å². The van der Waals surface area contributed by atoms with Gasteiger partial charge >= 0.3 is 0 Å². The minimum Gasteiger partial charge on any atom is -0.464 e. The van der Waals surface area contributed by atoms with Crippen molar-refractivity contribution in [3.8, 4) is 0 Å². The summed E-state index contributed by atoms with van der Waals surface area (Å²) in [7, 11) is 0. The standard InChI is InChI=1S/C13H14N4O2/c1-7-3-6-11(18-7)8(2)15-10-5-4-9(14)12-13(10)17-19-16-12/h3-6,8,15H,14H2,1-2H3. The number of rotatable bonds is 3. The molecule has 2 aromatic heterocycles. The Morgan fingerprint density at radius 3 is 2.68 bits per heavy atom. The van der Waals surface area contributed by atoms with E-state index >= 15 is 0 Å². The lowest BCUT2D eigenvalue weighted by molar-refractivity contribution is 0.315. The molecule has 3 N–H and O–H groups in total. The van der Waals surface area contributed by atoms with Crippen LogP contribution < -0.4 is 11.1 Å². The molecule has 0 saturated heterocycles. The molecule has 1 unspecified atom stereocenters. The maximum Gasteiger partial charge on any atom is 0.160 e. The second-order valence-electron chi connectivity index (χ2n) is 4.48. The summed E-state index contributed by atoms with van der Waals surface area (Å²) in [5.41, 5.74) is 8.35. The number of hydrogen-bond donors (Lipinski definition) is 2. The summed E-state index contributed by atoms with van der Waals surface area (Å²) in [5.74, 6) is 1.74. The summed E-state index contributed by atoms with van der Waals surface area (Å²) in [6, 6.07) is 7.52. The van der Waals surface area contributed by atoms with Crippen LogP contribution in [-0.2, 0) is 0 Å². The van der Waals surface area contributed by atoms with Crippen LogP contribution in [0, 0.1) is 6.92 Å². The van der Waals surface area contributed by atoms with E-state index in [4.69, 9.17) is 14.8 Å². The summed E-state index contributed by atoms with van der Waals surface area (Å²) in [4.78, 5) is 0. The van der Waals surface area contributed by atoms with Gasteiger partial charge < -0.3 is 15.5 Å². The van der Waals surface area contributed by atoms with Crippen molar-refractivity contribution in [3.63, 3.8) is 0 Å². The van der Waals surface area contributed by atoms with Gasteiger partial charge in [0, 0.05) is 0 Å². The van der Waals surface area contributed by atoms with E-state index in [0.29, 0.717) is 16.7 Å². The third-order valence-electron chi connectivity index (χ3n) is 3.01. The molecule has 0 amide bonds. The summed E-state index contributed by atoms with van der Waals surface area (Å²) in [6.07, 6.45) is 0. The van der Waals surface area contributed by atoms with Gasteiger partial charge in [-0.05, 0) is 48.4 Å². The average Bonchev–Trinajstić information content (AvgIpc) is 3.01. The van der Waals surface area contributed by atoms with Crippen LogP contribution in [0.5, 0.6) is 0 Å². The Morgan fingerprint density at radius 2 is 1.95 bits per heavy atom. The Labute approximate surface area is 109 Å². The molecule has 6 heteroatoms. The lowest BCUT2D eigenvalue weighted by Crippen LogP contribution is -2.06. The van der Waals surface area contributed by atoms with Crippen molar-refractivity contribution in [2.75, 3.05) is 11.1 Å². The van der Waals surface area contributed by atoms with Crippen molar-refractivity contribution < 1.29 is 9.05 Å². The Bertz CT molecular complexity index is 716. The van der Waals surface area contributed by atoms with Gasteiger partial charge in [-0.3, -0.25) is 0 Å². The van der Waals surface area contributed by atoms with E-state index in [1.54, 1.807) is 6.07 Å². The molecule has 3 rings (SSSR count). The van der Waals surface area contributed by atoms with E-state index in [2.05, 4.69) is 15.6 Å². The predicted octanol–water partition coefficient (Wildman–Crippen LogP) is 2.88. The van der Waals surface area contributed by atoms with Crippen LogP contribution >= 0.6 is 0 Å². The first-order chi connectivity index (χ1) is 9.15. The zero-order valence-electron chi connectivity index (χ0n) is 10.7. The van der Waals surface area contributed by atoms with Gasteiger partial charge in [-0.25, -0.2) is 4.63 Å². The van der Waals surface area contributed by atoms with Gasteiger partial charge in [0.25, 0.3) is 0 Å². The number of benzene rings is 1. The number of nitrogens with zero attached hydrogens (tertiary/aromatic N) is 2. The molecule has 0 radical (unpaired) electrons. The highest BCUT2D eigenvalue weighted by molar-refractivity contribution is 5.95. The highest BCUT2D eigenvalue weighted by atomic mass is 16.6. The highest BCUT2D eigenvalue weighted by Gasteiger charge is 2.14. The first-order valence-electron chi connectivity index (χ1n) is 5.99. The number of nitrogen functional groups attached to an aromatic ring is 1. The quantitative estimate of drug-likeness (QED) is 0.702. The smallest absolute Gasteiger partial charge is 0.160 e. The summed E-state index contributed by atoms with van der Waals surface area (Å²) >= 11 is 0. The number of aromatic nitrogens is 2. The molecule has 1 aromatic carbocycles. The fourth-order valence-corrected chi connectivity index (χ4v) is 1.99. The fraction of sp³-hybridized carbons (Fsp3) is 0.231. The summed E-state index contributed by atoms with van der Waals surface area (Å²) in [6.45, 7) is 3.92. The molecule has 0 spiro atoms. The Kier molecular flexibility index (Phi) is 2.63. The molecule has 0 aliphatic heterocycles. The minimum atomic E-state index is 0.0113. The first kappa shape index (κ1) is 11.6. The van der Waals surface area contributed by atoms with Crippen molar-refractivity contribution in [1.29, 1.82) is 0 Å². The molecular formula is C13H14N4O2. The fourth-order valence-electron chi connectivity index (χ4n) is 1.99. The zero-order chi connectivity index (χ0) is 13.4. The summed E-state index contributed by atoms with van der Waals surface area (Å²) in [5, 5.41) is 11.0. The number of furan rings is 1. The van der Waals surface area contributed by atoms with Crippen LogP contribution in [0.4, 0.5) is 11.4 Å². The lowest BCUT2D eigenvalue weighted by Gasteiger charge is -2.13. The zero-order valence-corrected chi connectivity index (χ0v) is 10.7. The topological polar surface area (TPSA) is 90.1 Å². The van der Waals surface area contributed by atoms with Gasteiger partial charge in [-0.2, -0.15) is 0 Å². The highest BCUT2D eigenvalue weighted by Crippen LogP contribution is 2.28. The SMILES string of the molecule is Cc1ccc(C(C)Nc2ccc(N)c3nonc23)o1. The number of nitrogens with two attached hydrogens (primary N) is 1. The molecule has 0 aliphatic carbocycles. The second-order valence-corrected chi connectivity index (χ2v) is 4.48. The van der Waals surface area contributed by atoms with E-state index in [1.807, 2.05) is 32.0 Å². The average molecular weight is 258 g/mol. The van der Waals surface area contributed by atoms with Gasteiger partial charge in [0.05, 0.1) is 17.4 Å². The van der Waals surface area contributed by atoms with Gasteiger partial charge in [0.15, 0.2) is 11.0 Å². The molecule has 98 valence electrons. The second kappa shape index (κ2) is 4.31. The third kappa shape index (κ3) is 2.01. The number of nitrogens with one attached hydrogen (secondary N) is 1. The Balaban J connectivity index is 1.93. The molecule has 0 aliphatic rings. The van der Waals surface area contributed by atoms with Gasteiger partial charge in [-0.1, -0.05) is 0 Å². The van der Waals surface area contributed by atoms with Crippen molar-refractivity contribution in [2.24, 2.45) is 0 Å². The third-order valence-corrected chi connectivity index (χ3v) is 3.01. The lowest BCUT2D eigenvalue weighted by atomic mass is 10.2. The first-order valence-corrected chi connectivity index (χ1v) is 5.99. The molecule has 19 heavy (non-hydrogen) atoms. The van der Waals surface area contributed by atoms with Gasteiger partial charge in [0.1, 0.15) is 11.5 Å². The van der Waals surface area contributed by atoms with E-state index in [9.17, 15) is 0 Å². The molecular weight excluding hydrogens is 244 g/mol. The molecule has 1 atom stereocenters. The van der Waals surface area contributed by atoms with Gasteiger partial charge in [-0.15, -0.1) is 0 Å². The number of anilines is 2. The van der Waals surface area contributed by atoms with Crippen LogP contribution in [0.1, 0.15) is 24.5 Å². The largest absolute Gasteiger partial charge is 0.464 e. The molecule has 3 aromatic rings. The number of fused-ring (bicyclic) bond motifs is 1. The van der Waals surface area contributed by atoms with Crippen molar-refractivity contribution in [1.82, 2.24) is 10.3 Å². The molecule has 0 bridgehead atoms. The van der Waals surface area contributed by atoms with Crippen LogP contribution in [0.2, 0.25) is 0 Å². The van der Waals surface area contributed by atoms with Crippen molar-refractivity contribution in [3.05, 3.63) is 35.8 Å². The van der Waals surface area contributed by atoms with Crippen molar-refractivity contribution >= 4 is 22.4 Å². The normalized spacial score (nSPS) is 12.7. The minimum absolute atomic E-state index is 0.0113. The van der Waals surface area contributed by atoms with Crippen LogP contribution in [0.15, 0.2) is 33.3 Å².